The highest BCUT2D eigenvalue weighted by molar-refractivity contribution is 7.17. The van der Waals surface area contributed by atoms with Gasteiger partial charge in [-0.25, -0.2) is 4.98 Å². The van der Waals surface area contributed by atoms with E-state index in [1.54, 1.807) is 37.2 Å². The smallest absolute Gasteiger partial charge is 0.268 e. The highest BCUT2D eigenvalue weighted by atomic mass is 32.1. The molecular weight excluding hydrogens is 500 g/mol. The molecule has 1 saturated heterocycles. The number of H-pyrrole nitrogens is 1. The van der Waals surface area contributed by atoms with Crippen LogP contribution in [0, 0.1) is 11.3 Å². The third-order valence-electron chi connectivity index (χ3n) is 6.39. The van der Waals surface area contributed by atoms with Crippen molar-refractivity contribution >= 4 is 40.1 Å². The normalized spacial score (nSPS) is 16.1. The van der Waals surface area contributed by atoms with Crippen LogP contribution in [0.25, 0.3) is 21.5 Å². The summed E-state index contributed by atoms with van der Waals surface area (Å²) in [6.45, 7) is 4.47. The first-order valence-corrected chi connectivity index (χ1v) is 13.1. The summed E-state index contributed by atoms with van der Waals surface area (Å²) in [7, 11) is 0. The molecule has 1 atom stereocenters. The molecule has 1 fully saturated rings. The summed E-state index contributed by atoms with van der Waals surface area (Å²) >= 11 is 1.37. The Labute approximate surface area is 223 Å². The third-order valence-corrected chi connectivity index (χ3v) is 7.52. The number of benzene rings is 1. The molecule has 10 nitrogen and oxygen atoms in total. The minimum atomic E-state index is -0.785. The largest absolute Gasteiger partial charge is 0.333 e. The fraction of sp³-hybridized carbons (Fsp3) is 0.296. The minimum Gasteiger partial charge on any atom is -0.333 e. The van der Waals surface area contributed by atoms with Crippen LogP contribution in [-0.2, 0) is 11.3 Å². The van der Waals surface area contributed by atoms with E-state index in [-0.39, 0.29) is 23.4 Å². The summed E-state index contributed by atoms with van der Waals surface area (Å²) in [6, 6.07) is 13.2. The Morgan fingerprint density at radius 2 is 2.13 bits per heavy atom. The quantitative estimate of drug-likeness (QED) is 0.245. The van der Waals surface area contributed by atoms with Crippen LogP contribution in [0.2, 0.25) is 0 Å². The number of imidazole rings is 1. The van der Waals surface area contributed by atoms with Crippen molar-refractivity contribution in [3.8, 4) is 16.5 Å². The van der Waals surface area contributed by atoms with Crippen LogP contribution in [0.5, 0.6) is 0 Å². The van der Waals surface area contributed by atoms with E-state index in [1.807, 2.05) is 41.0 Å². The Morgan fingerprint density at radius 3 is 2.87 bits per heavy atom. The Bertz CT molecular complexity index is 1550. The van der Waals surface area contributed by atoms with Gasteiger partial charge in [0.15, 0.2) is 0 Å². The first kappa shape index (κ1) is 25.4. The first-order valence-electron chi connectivity index (χ1n) is 12.3. The molecule has 11 heteroatoms. The van der Waals surface area contributed by atoms with Crippen molar-refractivity contribution in [3.63, 3.8) is 0 Å². The van der Waals surface area contributed by atoms with Crippen LogP contribution in [0.15, 0.2) is 60.4 Å². The van der Waals surface area contributed by atoms with Crippen LogP contribution in [0.4, 0.5) is 5.95 Å². The maximum absolute atomic E-state index is 13.3. The number of hydrogen-bond acceptors (Lipinski definition) is 7. The number of thiophene rings is 1. The molecule has 1 unspecified atom stereocenters. The van der Waals surface area contributed by atoms with Crippen LogP contribution in [0.3, 0.4) is 0 Å². The second-order valence-corrected chi connectivity index (χ2v) is 11.0. The third kappa shape index (κ3) is 5.22. The molecule has 194 valence electrons. The van der Waals surface area contributed by atoms with Gasteiger partial charge in [-0.15, -0.1) is 11.3 Å². The number of carbonyl (C=O) groups is 2. The lowest BCUT2D eigenvalue weighted by atomic mass is 10.0. The number of anilines is 1. The van der Waals surface area contributed by atoms with E-state index < -0.39 is 5.54 Å². The summed E-state index contributed by atoms with van der Waals surface area (Å²) in [5.74, 6) is -0.178. The highest BCUT2D eigenvalue weighted by Crippen LogP contribution is 2.29. The Kier molecular flexibility index (Phi) is 6.84. The van der Waals surface area contributed by atoms with Gasteiger partial charge in [0.2, 0.25) is 5.95 Å². The van der Waals surface area contributed by atoms with Gasteiger partial charge < -0.3 is 15.2 Å². The molecule has 2 amide bonds. The topological polar surface area (TPSA) is 146 Å². The molecule has 4 heterocycles. The fourth-order valence-electron chi connectivity index (χ4n) is 4.69. The maximum atomic E-state index is 13.3. The number of carbonyl (C=O) groups excluding carboxylic acids is 2. The summed E-state index contributed by atoms with van der Waals surface area (Å²) in [6.07, 6.45) is 6.60. The van der Waals surface area contributed by atoms with E-state index in [4.69, 9.17) is 5.73 Å². The second-order valence-electron chi connectivity index (χ2n) is 9.93. The van der Waals surface area contributed by atoms with E-state index in [0.717, 1.165) is 34.3 Å². The molecule has 5 rings (SSSR count). The molecule has 0 radical (unpaired) electrons. The van der Waals surface area contributed by atoms with Gasteiger partial charge >= 0.3 is 0 Å². The summed E-state index contributed by atoms with van der Waals surface area (Å²) in [5.41, 5.74) is 7.81. The maximum Gasteiger partial charge on any atom is 0.268 e. The van der Waals surface area contributed by atoms with Crippen molar-refractivity contribution in [2.75, 3.05) is 11.9 Å². The highest BCUT2D eigenvalue weighted by Gasteiger charge is 2.32. The number of rotatable bonds is 7. The fourth-order valence-corrected chi connectivity index (χ4v) is 5.57. The van der Waals surface area contributed by atoms with E-state index in [0.29, 0.717) is 23.9 Å². The Morgan fingerprint density at radius 1 is 1.32 bits per heavy atom. The lowest BCUT2D eigenvalue weighted by Gasteiger charge is -2.26. The SMILES string of the molecule is CC(C)(N)C=C(C#N)C(=O)N1CCCC1Cn1c(NC(=O)c2ccc(-c3cn[nH]c3)s2)nc2ccccc21. The van der Waals surface area contributed by atoms with E-state index in [2.05, 4.69) is 20.5 Å². The molecule has 0 saturated carbocycles. The molecule has 38 heavy (non-hydrogen) atoms. The number of hydrogen-bond donors (Lipinski definition) is 3. The molecule has 4 N–H and O–H groups in total. The van der Waals surface area contributed by atoms with Crippen molar-refractivity contribution in [1.82, 2.24) is 24.6 Å². The minimum absolute atomic E-state index is 0.0412. The lowest BCUT2D eigenvalue weighted by molar-refractivity contribution is -0.127. The summed E-state index contributed by atoms with van der Waals surface area (Å²) < 4.78 is 1.94. The standard InChI is InChI=1S/C27H28N8O2S/c1-27(2,29)12-17(13-28)25(37)34-11-5-6-19(34)16-35-21-8-4-3-7-20(21)32-26(35)33-24(36)23-10-9-22(38-23)18-14-30-31-15-18/h3-4,7-10,12,14-15,19H,5-6,11,16,29H2,1-2H3,(H,30,31)(H,32,33,36). The van der Waals surface area contributed by atoms with Crippen molar-refractivity contribution in [2.24, 2.45) is 5.73 Å². The van der Waals surface area contributed by atoms with Crippen LogP contribution in [0.1, 0.15) is 36.4 Å². The monoisotopic (exact) mass is 528 g/mol. The first-order chi connectivity index (χ1) is 18.2. The average Bonchev–Trinajstić information content (AvgIpc) is 3.69. The zero-order valence-corrected chi connectivity index (χ0v) is 22.0. The number of nitrogens with one attached hydrogen (secondary N) is 2. The zero-order valence-electron chi connectivity index (χ0n) is 21.1. The average molecular weight is 529 g/mol. The molecule has 4 aromatic rings. The second kappa shape index (κ2) is 10.2. The number of nitrogens with two attached hydrogens (primary N) is 1. The summed E-state index contributed by atoms with van der Waals surface area (Å²) in [5, 5.41) is 19.4. The number of para-hydroxylation sites is 2. The van der Waals surface area contributed by atoms with Gasteiger partial charge in [-0.2, -0.15) is 10.4 Å². The van der Waals surface area contributed by atoms with Gasteiger partial charge in [-0.1, -0.05) is 12.1 Å². The number of nitriles is 1. The lowest BCUT2D eigenvalue weighted by Crippen LogP contribution is -2.40. The van der Waals surface area contributed by atoms with Gasteiger partial charge in [-0.05, 0) is 57.0 Å². The molecule has 0 bridgehead atoms. The molecule has 0 spiro atoms. The van der Waals surface area contributed by atoms with Gasteiger partial charge in [-0.3, -0.25) is 20.0 Å². The number of amides is 2. The predicted octanol–water partition coefficient (Wildman–Crippen LogP) is 3.92. The Hall–Kier alpha value is -4.27. The van der Waals surface area contributed by atoms with Crippen molar-refractivity contribution < 1.29 is 9.59 Å². The molecule has 1 aliphatic rings. The van der Waals surface area contributed by atoms with E-state index in [9.17, 15) is 14.9 Å². The van der Waals surface area contributed by atoms with Crippen LogP contribution < -0.4 is 11.1 Å². The number of likely N-dealkylation sites (tertiary alicyclic amines) is 1. The molecule has 1 aliphatic heterocycles. The van der Waals surface area contributed by atoms with Gasteiger partial charge in [0, 0.05) is 35.3 Å². The van der Waals surface area contributed by atoms with Crippen LogP contribution >= 0.6 is 11.3 Å². The van der Waals surface area contributed by atoms with Gasteiger partial charge in [0.05, 0.1) is 28.1 Å². The number of aromatic nitrogens is 4. The number of nitrogens with zero attached hydrogens (tertiary/aromatic N) is 5. The predicted molar refractivity (Wildman–Crippen MR) is 146 cm³/mol. The van der Waals surface area contributed by atoms with Crippen LogP contribution in [-0.4, -0.2) is 54.6 Å². The summed E-state index contributed by atoms with van der Waals surface area (Å²) in [4.78, 5) is 34.4. The molecule has 1 aromatic carbocycles. The zero-order chi connectivity index (χ0) is 26.9. The molecular formula is C27H28N8O2S. The van der Waals surface area contributed by atoms with Crippen molar-refractivity contribution in [2.45, 2.75) is 44.8 Å². The number of aromatic amines is 1. The number of fused-ring (bicyclic) bond motifs is 1. The van der Waals surface area contributed by atoms with E-state index >= 15 is 0 Å². The van der Waals surface area contributed by atoms with Gasteiger partial charge in [0.25, 0.3) is 11.8 Å². The molecule has 0 aliphatic carbocycles. The van der Waals surface area contributed by atoms with Crippen molar-refractivity contribution in [1.29, 1.82) is 5.26 Å². The van der Waals surface area contributed by atoms with Gasteiger partial charge in [0.1, 0.15) is 11.6 Å². The molecule has 3 aromatic heterocycles. The van der Waals surface area contributed by atoms with E-state index in [1.165, 1.54) is 17.4 Å². The Balaban J connectivity index is 1.41. The van der Waals surface area contributed by atoms with Crippen molar-refractivity contribution in [3.05, 3.63) is 65.3 Å².